The molecule has 0 unspecified atom stereocenters. The molecule has 0 saturated carbocycles. The van der Waals surface area contributed by atoms with Crippen LogP contribution in [0.5, 0.6) is 0 Å². The Labute approximate surface area is 97.2 Å². The Bertz CT molecular complexity index is 376. The molecule has 2 heteroatoms. The number of ketones is 1. The quantitative estimate of drug-likeness (QED) is 0.608. The minimum atomic E-state index is -0.448. The third-order valence-electron chi connectivity index (χ3n) is 2.90. The van der Waals surface area contributed by atoms with Gasteiger partial charge in [0.15, 0.2) is 0 Å². The van der Waals surface area contributed by atoms with Crippen molar-refractivity contribution >= 4 is 11.5 Å². The van der Waals surface area contributed by atoms with E-state index in [0.717, 1.165) is 17.7 Å². The molecule has 0 aliphatic rings. The standard InChI is InChI=1S/C14H19NO/c1-4-5-6-13(16)14(2,3)11-7-9-12(15)10-8-11/h4,7-10H,1,5-6,15H2,2-3H3. The van der Waals surface area contributed by atoms with E-state index in [4.69, 9.17) is 5.73 Å². The molecule has 1 aromatic carbocycles. The van der Waals surface area contributed by atoms with Crippen LogP contribution in [0, 0.1) is 0 Å². The van der Waals surface area contributed by atoms with Crippen LogP contribution in [0.15, 0.2) is 36.9 Å². The Balaban J connectivity index is 2.87. The summed E-state index contributed by atoms with van der Waals surface area (Å²) >= 11 is 0. The van der Waals surface area contributed by atoms with Gasteiger partial charge in [0.1, 0.15) is 5.78 Å². The van der Waals surface area contributed by atoms with E-state index >= 15 is 0 Å². The number of anilines is 1. The van der Waals surface area contributed by atoms with Crippen LogP contribution in [-0.2, 0) is 10.2 Å². The van der Waals surface area contributed by atoms with E-state index in [-0.39, 0.29) is 5.78 Å². The molecular weight excluding hydrogens is 198 g/mol. The van der Waals surface area contributed by atoms with Crippen molar-refractivity contribution < 1.29 is 4.79 Å². The van der Waals surface area contributed by atoms with Gasteiger partial charge in [0.2, 0.25) is 0 Å². The molecule has 2 nitrogen and oxygen atoms in total. The number of nitrogen functional groups attached to an aromatic ring is 1. The van der Waals surface area contributed by atoms with E-state index in [0.29, 0.717) is 6.42 Å². The van der Waals surface area contributed by atoms with Crippen LogP contribution in [-0.4, -0.2) is 5.78 Å². The summed E-state index contributed by atoms with van der Waals surface area (Å²) in [6.07, 6.45) is 3.05. The summed E-state index contributed by atoms with van der Waals surface area (Å²) in [5.74, 6) is 0.233. The zero-order chi connectivity index (χ0) is 12.2. The number of Topliss-reactive ketones (excluding diaryl/α,β-unsaturated/α-hetero) is 1. The fraction of sp³-hybridized carbons (Fsp3) is 0.357. The highest BCUT2D eigenvalue weighted by Gasteiger charge is 2.28. The summed E-state index contributed by atoms with van der Waals surface area (Å²) in [6.45, 7) is 7.53. The average molecular weight is 217 g/mol. The van der Waals surface area contributed by atoms with Gasteiger partial charge in [-0.05, 0) is 38.0 Å². The van der Waals surface area contributed by atoms with E-state index in [9.17, 15) is 4.79 Å². The lowest BCUT2D eigenvalue weighted by Crippen LogP contribution is -2.28. The molecule has 0 fully saturated rings. The number of nitrogens with two attached hydrogens (primary N) is 1. The van der Waals surface area contributed by atoms with Gasteiger partial charge in [-0.15, -0.1) is 6.58 Å². The largest absolute Gasteiger partial charge is 0.399 e. The number of hydrogen-bond acceptors (Lipinski definition) is 2. The van der Waals surface area contributed by atoms with Crippen LogP contribution in [0.3, 0.4) is 0 Å². The highest BCUT2D eigenvalue weighted by atomic mass is 16.1. The summed E-state index contributed by atoms with van der Waals surface area (Å²) in [5.41, 5.74) is 6.91. The highest BCUT2D eigenvalue weighted by Crippen LogP contribution is 2.26. The van der Waals surface area contributed by atoms with Gasteiger partial charge in [-0.25, -0.2) is 0 Å². The first-order valence-electron chi connectivity index (χ1n) is 5.48. The number of allylic oxidation sites excluding steroid dienone is 1. The lowest BCUT2D eigenvalue weighted by atomic mass is 9.79. The van der Waals surface area contributed by atoms with Crippen molar-refractivity contribution in [3.05, 3.63) is 42.5 Å². The van der Waals surface area contributed by atoms with Gasteiger partial charge in [0.25, 0.3) is 0 Å². The van der Waals surface area contributed by atoms with Crippen LogP contribution in [0.4, 0.5) is 5.69 Å². The van der Waals surface area contributed by atoms with Gasteiger partial charge in [0, 0.05) is 17.5 Å². The normalized spacial score (nSPS) is 11.1. The van der Waals surface area contributed by atoms with Crippen LogP contribution in [0.2, 0.25) is 0 Å². The number of hydrogen-bond donors (Lipinski definition) is 1. The molecule has 86 valence electrons. The molecule has 0 saturated heterocycles. The number of carbonyl (C=O) groups excluding carboxylic acids is 1. The van der Waals surface area contributed by atoms with Crippen molar-refractivity contribution in [2.24, 2.45) is 0 Å². The molecule has 0 radical (unpaired) electrons. The van der Waals surface area contributed by atoms with Crippen molar-refractivity contribution in [2.75, 3.05) is 5.73 Å². The van der Waals surface area contributed by atoms with Crippen LogP contribution >= 0.6 is 0 Å². The third-order valence-corrected chi connectivity index (χ3v) is 2.90. The maximum atomic E-state index is 12.0. The summed E-state index contributed by atoms with van der Waals surface area (Å²) in [4.78, 5) is 12.0. The topological polar surface area (TPSA) is 43.1 Å². The second-order valence-electron chi connectivity index (χ2n) is 4.50. The molecule has 0 amide bonds. The van der Waals surface area contributed by atoms with E-state index < -0.39 is 5.41 Å². The van der Waals surface area contributed by atoms with E-state index in [1.165, 1.54) is 0 Å². The van der Waals surface area contributed by atoms with Crippen LogP contribution in [0.1, 0.15) is 32.3 Å². The Hall–Kier alpha value is -1.57. The molecule has 0 aromatic heterocycles. The van der Waals surface area contributed by atoms with E-state index in [2.05, 4.69) is 6.58 Å². The number of benzene rings is 1. The predicted molar refractivity (Wildman–Crippen MR) is 68.3 cm³/mol. The van der Waals surface area contributed by atoms with Crippen molar-refractivity contribution in [3.8, 4) is 0 Å². The zero-order valence-electron chi connectivity index (χ0n) is 9.99. The monoisotopic (exact) mass is 217 g/mol. The summed E-state index contributed by atoms with van der Waals surface area (Å²) in [5, 5.41) is 0. The van der Waals surface area contributed by atoms with Crippen LogP contribution < -0.4 is 5.73 Å². The second kappa shape index (κ2) is 4.97. The lowest BCUT2D eigenvalue weighted by molar-refractivity contribution is -0.123. The number of carbonyl (C=O) groups is 1. The van der Waals surface area contributed by atoms with Gasteiger partial charge in [-0.2, -0.15) is 0 Å². The Morgan fingerprint density at radius 2 is 1.94 bits per heavy atom. The molecule has 1 rings (SSSR count). The van der Waals surface area contributed by atoms with Crippen LogP contribution in [0.25, 0.3) is 0 Å². The minimum absolute atomic E-state index is 0.233. The van der Waals surface area contributed by atoms with Crippen molar-refractivity contribution in [1.29, 1.82) is 0 Å². The van der Waals surface area contributed by atoms with Crippen molar-refractivity contribution in [3.63, 3.8) is 0 Å². The van der Waals surface area contributed by atoms with Gasteiger partial charge in [-0.3, -0.25) is 4.79 Å². The van der Waals surface area contributed by atoms with Gasteiger partial charge in [0.05, 0.1) is 0 Å². The first-order valence-corrected chi connectivity index (χ1v) is 5.48. The van der Waals surface area contributed by atoms with E-state index in [1.807, 2.05) is 38.1 Å². The van der Waals surface area contributed by atoms with E-state index in [1.54, 1.807) is 6.08 Å². The van der Waals surface area contributed by atoms with Gasteiger partial charge in [-0.1, -0.05) is 18.2 Å². The summed E-state index contributed by atoms with van der Waals surface area (Å²) in [6, 6.07) is 7.50. The number of rotatable bonds is 5. The lowest BCUT2D eigenvalue weighted by Gasteiger charge is -2.23. The van der Waals surface area contributed by atoms with Crippen molar-refractivity contribution in [1.82, 2.24) is 0 Å². The van der Waals surface area contributed by atoms with Gasteiger partial charge < -0.3 is 5.73 Å². The average Bonchev–Trinajstić information content (AvgIpc) is 2.26. The highest BCUT2D eigenvalue weighted by molar-refractivity contribution is 5.89. The SMILES string of the molecule is C=CCCC(=O)C(C)(C)c1ccc(N)cc1. The molecule has 0 atom stereocenters. The van der Waals surface area contributed by atoms with Crippen molar-refractivity contribution in [2.45, 2.75) is 32.1 Å². The zero-order valence-corrected chi connectivity index (χ0v) is 9.99. The molecule has 0 aliphatic heterocycles. The molecule has 0 aliphatic carbocycles. The maximum Gasteiger partial charge on any atom is 0.143 e. The Kier molecular flexibility index (Phi) is 3.88. The Morgan fingerprint density at radius 1 is 1.38 bits per heavy atom. The molecule has 0 heterocycles. The fourth-order valence-electron chi connectivity index (χ4n) is 1.61. The third kappa shape index (κ3) is 2.72. The first-order chi connectivity index (χ1) is 7.48. The maximum absolute atomic E-state index is 12.0. The molecular formula is C14H19NO. The minimum Gasteiger partial charge on any atom is -0.399 e. The second-order valence-corrected chi connectivity index (χ2v) is 4.50. The fourth-order valence-corrected chi connectivity index (χ4v) is 1.61. The molecule has 16 heavy (non-hydrogen) atoms. The molecule has 0 bridgehead atoms. The predicted octanol–water partition coefficient (Wildman–Crippen LogP) is 3.08. The molecule has 0 spiro atoms. The molecule has 1 aromatic rings. The first kappa shape index (κ1) is 12.5. The summed E-state index contributed by atoms with van der Waals surface area (Å²) < 4.78 is 0. The van der Waals surface area contributed by atoms with Gasteiger partial charge >= 0.3 is 0 Å². The Morgan fingerprint density at radius 3 is 2.44 bits per heavy atom. The smallest absolute Gasteiger partial charge is 0.143 e. The molecule has 2 N–H and O–H groups in total. The summed E-state index contributed by atoms with van der Waals surface area (Å²) in [7, 11) is 0.